The van der Waals surface area contributed by atoms with E-state index in [0.717, 1.165) is 0 Å². The number of aromatic nitrogens is 1. The van der Waals surface area contributed by atoms with Gasteiger partial charge < -0.3 is 10.2 Å². The fraction of sp³-hybridized carbons (Fsp3) is 0.214. The first-order valence-corrected chi connectivity index (χ1v) is 5.99. The molecule has 98 valence electrons. The van der Waals surface area contributed by atoms with Crippen LogP contribution >= 0.6 is 0 Å². The Balaban J connectivity index is 1.96. The maximum atomic E-state index is 11.9. The number of pyridine rings is 1. The molecular weight excluding hydrogens is 242 g/mol. The first kappa shape index (κ1) is 13.0. The van der Waals surface area contributed by atoms with Crippen LogP contribution in [0.25, 0.3) is 0 Å². The van der Waals surface area contributed by atoms with E-state index in [1.165, 1.54) is 13.1 Å². The number of allylic oxidation sites excluding steroid dienone is 3. The molecule has 5 nitrogen and oxygen atoms in total. The van der Waals surface area contributed by atoms with Crippen molar-refractivity contribution in [2.75, 3.05) is 13.2 Å². The molecule has 19 heavy (non-hydrogen) atoms. The van der Waals surface area contributed by atoms with Crippen LogP contribution in [0, 0.1) is 0 Å². The molecule has 2 rings (SSSR count). The Hall–Kier alpha value is -2.43. The van der Waals surface area contributed by atoms with Gasteiger partial charge in [0.15, 0.2) is 5.78 Å². The summed E-state index contributed by atoms with van der Waals surface area (Å²) in [5.74, 6) is -0.217. The molecule has 5 heteroatoms. The van der Waals surface area contributed by atoms with E-state index >= 15 is 0 Å². The van der Waals surface area contributed by atoms with Crippen LogP contribution in [0.2, 0.25) is 0 Å². The Labute approximate surface area is 111 Å². The van der Waals surface area contributed by atoms with E-state index in [4.69, 9.17) is 0 Å². The fourth-order valence-electron chi connectivity index (χ4n) is 1.81. The van der Waals surface area contributed by atoms with Crippen molar-refractivity contribution >= 4 is 11.7 Å². The van der Waals surface area contributed by atoms with Gasteiger partial charge in [0.25, 0.3) is 5.91 Å². The number of rotatable bonds is 4. The number of hydrogen-bond donors (Lipinski definition) is 1. The molecule has 1 aromatic rings. The Morgan fingerprint density at radius 1 is 1.47 bits per heavy atom. The molecule has 1 aromatic heterocycles. The molecule has 0 spiro atoms. The van der Waals surface area contributed by atoms with Crippen molar-refractivity contribution in [2.45, 2.75) is 6.92 Å². The molecule has 1 aliphatic heterocycles. The van der Waals surface area contributed by atoms with E-state index in [9.17, 15) is 9.59 Å². The summed E-state index contributed by atoms with van der Waals surface area (Å²) in [6.45, 7) is 2.42. The van der Waals surface area contributed by atoms with Crippen LogP contribution in [-0.2, 0) is 4.79 Å². The highest BCUT2D eigenvalue weighted by atomic mass is 16.2. The van der Waals surface area contributed by atoms with Gasteiger partial charge in [-0.25, -0.2) is 0 Å². The van der Waals surface area contributed by atoms with E-state index in [2.05, 4.69) is 10.3 Å². The third-order valence-electron chi connectivity index (χ3n) is 2.77. The van der Waals surface area contributed by atoms with E-state index in [0.29, 0.717) is 24.5 Å². The van der Waals surface area contributed by atoms with Crippen LogP contribution in [0.3, 0.4) is 0 Å². The largest absolute Gasteiger partial charge is 0.347 e. The van der Waals surface area contributed by atoms with Crippen LogP contribution in [0.4, 0.5) is 0 Å². The minimum atomic E-state index is -0.203. The number of ketones is 1. The highest BCUT2D eigenvalue weighted by Crippen LogP contribution is 2.09. The zero-order valence-electron chi connectivity index (χ0n) is 10.7. The highest BCUT2D eigenvalue weighted by Gasteiger charge is 2.15. The Morgan fingerprint density at radius 2 is 2.32 bits per heavy atom. The van der Waals surface area contributed by atoms with Gasteiger partial charge in [0, 0.05) is 25.9 Å². The fourth-order valence-corrected chi connectivity index (χ4v) is 1.81. The van der Waals surface area contributed by atoms with Crippen molar-refractivity contribution in [1.82, 2.24) is 15.2 Å². The summed E-state index contributed by atoms with van der Waals surface area (Å²) in [6, 6.07) is 3.40. The number of hydrogen-bond acceptors (Lipinski definition) is 4. The van der Waals surface area contributed by atoms with Gasteiger partial charge in [-0.15, -0.1) is 0 Å². The van der Waals surface area contributed by atoms with Crippen LogP contribution in [0.15, 0.2) is 48.5 Å². The van der Waals surface area contributed by atoms with Gasteiger partial charge in [0.1, 0.15) is 0 Å². The lowest BCUT2D eigenvalue weighted by atomic mass is 10.2. The Kier molecular flexibility index (Phi) is 4.07. The van der Waals surface area contributed by atoms with Crippen LogP contribution in [-0.4, -0.2) is 34.8 Å². The van der Waals surface area contributed by atoms with Gasteiger partial charge in [-0.1, -0.05) is 12.2 Å². The monoisotopic (exact) mass is 257 g/mol. The molecular formula is C14H15N3O2. The number of carbonyl (C=O) groups excluding carboxylic acids is 2. The molecule has 0 fully saturated rings. The summed E-state index contributed by atoms with van der Waals surface area (Å²) in [6.07, 6.45) is 8.65. The van der Waals surface area contributed by atoms with Crippen LogP contribution < -0.4 is 5.32 Å². The number of amides is 1. The zero-order valence-corrected chi connectivity index (χ0v) is 10.7. The first-order chi connectivity index (χ1) is 9.18. The average Bonchev–Trinajstić information content (AvgIpc) is 2.46. The number of nitrogens with zero attached hydrogens (tertiary/aromatic N) is 2. The molecule has 0 saturated carbocycles. The molecule has 1 amide bonds. The van der Waals surface area contributed by atoms with Crippen LogP contribution in [0.1, 0.15) is 17.3 Å². The van der Waals surface area contributed by atoms with Crippen molar-refractivity contribution in [1.29, 1.82) is 0 Å². The maximum Gasteiger partial charge on any atom is 0.254 e. The van der Waals surface area contributed by atoms with Crippen molar-refractivity contribution in [2.24, 2.45) is 0 Å². The summed E-state index contributed by atoms with van der Waals surface area (Å²) < 4.78 is 0. The van der Waals surface area contributed by atoms with Crippen molar-refractivity contribution in [3.05, 3.63) is 54.0 Å². The smallest absolute Gasteiger partial charge is 0.254 e. The van der Waals surface area contributed by atoms with Gasteiger partial charge in [-0.05, 0) is 18.2 Å². The first-order valence-electron chi connectivity index (χ1n) is 5.99. The lowest BCUT2D eigenvalue weighted by Gasteiger charge is -2.26. The molecule has 0 radical (unpaired) electrons. The van der Waals surface area contributed by atoms with Gasteiger partial charge in [-0.3, -0.25) is 14.6 Å². The lowest BCUT2D eigenvalue weighted by molar-refractivity contribution is -0.115. The molecule has 0 saturated heterocycles. The minimum absolute atomic E-state index is 0.0139. The second-order valence-electron chi connectivity index (χ2n) is 4.16. The Morgan fingerprint density at radius 3 is 3.00 bits per heavy atom. The molecule has 0 atom stereocenters. The number of Topliss-reactive ketones (excluding diaryl/α,β-unsaturated/α-hetero) is 1. The van der Waals surface area contributed by atoms with Gasteiger partial charge >= 0.3 is 0 Å². The van der Waals surface area contributed by atoms with Crippen molar-refractivity contribution < 1.29 is 9.59 Å². The van der Waals surface area contributed by atoms with Crippen molar-refractivity contribution in [3.8, 4) is 0 Å². The summed E-state index contributed by atoms with van der Waals surface area (Å²) in [5, 5.41) is 2.77. The molecule has 0 aromatic carbocycles. The molecule has 0 aliphatic carbocycles. The third kappa shape index (κ3) is 3.28. The normalized spacial score (nSPS) is 13.9. The summed E-state index contributed by atoms with van der Waals surface area (Å²) in [4.78, 5) is 29.0. The predicted octanol–water partition coefficient (Wildman–Crippen LogP) is 1.11. The predicted molar refractivity (Wildman–Crippen MR) is 71.2 cm³/mol. The van der Waals surface area contributed by atoms with E-state index in [-0.39, 0.29) is 11.7 Å². The molecule has 1 N–H and O–H groups in total. The topological polar surface area (TPSA) is 62.3 Å². The maximum absolute atomic E-state index is 11.9. The van der Waals surface area contributed by atoms with Crippen molar-refractivity contribution in [3.63, 3.8) is 0 Å². The van der Waals surface area contributed by atoms with E-state index in [1.807, 2.05) is 17.1 Å². The van der Waals surface area contributed by atoms with Crippen LogP contribution in [0.5, 0.6) is 0 Å². The second kappa shape index (κ2) is 5.95. The van der Waals surface area contributed by atoms with Gasteiger partial charge in [-0.2, -0.15) is 0 Å². The third-order valence-corrected chi connectivity index (χ3v) is 2.77. The molecule has 1 aliphatic rings. The zero-order chi connectivity index (χ0) is 13.7. The minimum Gasteiger partial charge on any atom is -0.347 e. The average molecular weight is 257 g/mol. The molecule has 0 bridgehead atoms. The van der Waals surface area contributed by atoms with Gasteiger partial charge in [0.05, 0.1) is 17.9 Å². The molecule has 0 unspecified atom stereocenters. The summed E-state index contributed by atoms with van der Waals surface area (Å²) in [5.41, 5.74) is 1.11. The van der Waals surface area contributed by atoms with Gasteiger partial charge in [0.2, 0.25) is 0 Å². The van der Waals surface area contributed by atoms with E-state index < -0.39 is 0 Å². The second-order valence-corrected chi connectivity index (χ2v) is 4.16. The SMILES string of the molecule is CC(=O)C1=CC=CCN1CNC(=O)c1cccnc1. The summed E-state index contributed by atoms with van der Waals surface area (Å²) >= 11 is 0. The standard InChI is InChI=1S/C14H15N3O2/c1-11(18)13-6-2-3-8-17(13)10-16-14(19)12-5-4-7-15-9-12/h2-7,9H,8,10H2,1H3,(H,16,19). The lowest BCUT2D eigenvalue weighted by Crippen LogP contribution is -2.39. The highest BCUT2D eigenvalue weighted by molar-refractivity contribution is 5.94. The number of nitrogens with one attached hydrogen (secondary N) is 1. The van der Waals surface area contributed by atoms with E-state index in [1.54, 1.807) is 24.4 Å². The quantitative estimate of drug-likeness (QED) is 0.877. The molecule has 2 heterocycles. The Bertz CT molecular complexity index is 535. The summed E-state index contributed by atoms with van der Waals surface area (Å²) in [7, 11) is 0. The number of carbonyl (C=O) groups is 2.